The summed E-state index contributed by atoms with van der Waals surface area (Å²) in [4.78, 5) is 4.25. The Morgan fingerprint density at radius 2 is 2.33 bits per heavy atom. The number of fused-ring (bicyclic) bond motifs is 1. The predicted molar refractivity (Wildman–Crippen MR) is 67.2 cm³/mol. The number of hydrogen-bond donors (Lipinski definition) is 1. The van der Waals surface area contributed by atoms with Crippen LogP contribution in [0, 0.1) is 0 Å². The van der Waals surface area contributed by atoms with Crippen LogP contribution in [0.2, 0.25) is 0 Å². The summed E-state index contributed by atoms with van der Waals surface area (Å²) in [5, 5.41) is 7.63. The minimum Gasteiger partial charge on any atom is -0.491 e. The van der Waals surface area contributed by atoms with E-state index >= 15 is 0 Å². The number of ether oxygens (including phenoxy) is 1. The smallest absolute Gasteiger partial charge is 0.140 e. The van der Waals surface area contributed by atoms with Crippen LogP contribution in [0.25, 0.3) is 0 Å². The number of aromatic nitrogens is 3. The second kappa shape index (κ2) is 4.78. The molecule has 0 saturated heterocycles. The van der Waals surface area contributed by atoms with E-state index in [1.54, 1.807) is 6.33 Å². The zero-order valence-electron chi connectivity index (χ0n) is 10.3. The number of nitrogens with one attached hydrogen (secondary N) is 1. The van der Waals surface area contributed by atoms with Crippen molar-refractivity contribution in [2.24, 2.45) is 0 Å². The molecule has 5 nitrogen and oxygen atoms in total. The molecule has 0 aliphatic carbocycles. The Labute approximate surface area is 106 Å². The molecule has 5 heteroatoms. The predicted octanol–water partition coefficient (Wildman–Crippen LogP) is 1.52. The van der Waals surface area contributed by atoms with E-state index in [1.165, 1.54) is 5.56 Å². The summed E-state index contributed by atoms with van der Waals surface area (Å²) >= 11 is 0. The molecular formula is C13H16N4O. The second-order valence-electron chi connectivity index (χ2n) is 4.27. The first-order valence-corrected chi connectivity index (χ1v) is 6.20. The van der Waals surface area contributed by atoms with E-state index in [1.807, 2.05) is 22.9 Å². The highest BCUT2D eigenvalue weighted by Gasteiger charge is 2.23. The zero-order chi connectivity index (χ0) is 12.4. The van der Waals surface area contributed by atoms with Crippen molar-refractivity contribution in [3.05, 3.63) is 42.0 Å². The van der Waals surface area contributed by atoms with Crippen LogP contribution in [0.4, 0.5) is 0 Å². The molecule has 2 aromatic rings. The lowest BCUT2D eigenvalue weighted by Gasteiger charge is -2.11. The van der Waals surface area contributed by atoms with Gasteiger partial charge in [-0.1, -0.05) is 18.2 Å². The molecule has 1 aromatic carbocycles. The van der Waals surface area contributed by atoms with Crippen molar-refractivity contribution in [2.75, 3.05) is 6.61 Å². The summed E-state index contributed by atoms with van der Waals surface area (Å²) < 4.78 is 7.53. The van der Waals surface area contributed by atoms with E-state index in [-0.39, 0.29) is 6.04 Å². The average Bonchev–Trinajstić information content (AvgIpc) is 3.02. The van der Waals surface area contributed by atoms with E-state index in [0.29, 0.717) is 13.2 Å². The maximum Gasteiger partial charge on any atom is 0.140 e. The van der Waals surface area contributed by atoms with Crippen LogP contribution in [0.15, 0.2) is 30.6 Å². The summed E-state index contributed by atoms with van der Waals surface area (Å²) in [6.45, 7) is 4.29. The fourth-order valence-corrected chi connectivity index (χ4v) is 2.24. The molecule has 0 radical (unpaired) electrons. The van der Waals surface area contributed by atoms with Gasteiger partial charge in [-0.25, -0.2) is 9.67 Å². The third-order valence-corrected chi connectivity index (χ3v) is 3.20. The number of benzene rings is 1. The van der Waals surface area contributed by atoms with Crippen LogP contribution in [0.1, 0.15) is 24.4 Å². The summed E-state index contributed by atoms with van der Waals surface area (Å²) in [5.41, 5.74) is 1.22. The van der Waals surface area contributed by atoms with Crippen LogP contribution in [0.3, 0.4) is 0 Å². The minimum absolute atomic E-state index is 0.239. The van der Waals surface area contributed by atoms with Crippen molar-refractivity contribution in [3.63, 3.8) is 0 Å². The topological polar surface area (TPSA) is 52.0 Å². The fourth-order valence-electron chi connectivity index (χ4n) is 2.24. The van der Waals surface area contributed by atoms with Crippen LogP contribution in [-0.4, -0.2) is 21.4 Å². The molecule has 3 rings (SSSR count). The largest absolute Gasteiger partial charge is 0.491 e. The van der Waals surface area contributed by atoms with Gasteiger partial charge in [0.1, 0.15) is 24.5 Å². The Balaban J connectivity index is 1.69. The van der Waals surface area contributed by atoms with Gasteiger partial charge in [0.15, 0.2) is 0 Å². The van der Waals surface area contributed by atoms with Crippen LogP contribution < -0.4 is 10.1 Å². The van der Waals surface area contributed by atoms with E-state index in [9.17, 15) is 0 Å². The summed E-state index contributed by atoms with van der Waals surface area (Å²) in [6, 6.07) is 8.38. The molecule has 18 heavy (non-hydrogen) atoms. The molecule has 0 spiro atoms. The normalized spacial score (nSPS) is 17.5. The fraction of sp³-hybridized carbons (Fsp3) is 0.385. The quantitative estimate of drug-likeness (QED) is 0.886. The first kappa shape index (κ1) is 11.2. The summed E-state index contributed by atoms with van der Waals surface area (Å²) in [5.74, 6) is 1.94. The molecule has 1 N–H and O–H groups in total. The van der Waals surface area contributed by atoms with Gasteiger partial charge in [0.05, 0.1) is 12.6 Å². The maximum absolute atomic E-state index is 5.63. The molecule has 0 amide bonds. The number of para-hydroxylation sites is 1. The molecule has 2 heterocycles. The van der Waals surface area contributed by atoms with Gasteiger partial charge >= 0.3 is 0 Å². The maximum atomic E-state index is 5.63. The Morgan fingerprint density at radius 3 is 3.22 bits per heavy atom. The monoisotopic (exact) mass is 244 g/mol. The second-order valence-corrected chi connectivity index (χ2v) is 4.27. The minimum atomic E-state index is 0.239. The molecule has 1 aromatic heterocycles. The standard InChI is InChI=1S/C13H16N4O/c1-2-17-13(15-9-16-17)7-14-11-8-18-12-6-4-3-5-10(11)12/h3-6,9,11,14H,2,7-8H2,1H3. The Morgan fingerprint density at radius 1 is 1.44 bits per heavy atom. The molecule has 0 saturated carbocycles. The van der Waals surface area contributed by atoms with Gasteiger partial charge in [0.2, 0.25) is 0 Å². The van der Waals surface area contributed by atoms with Gasteiger partial charge in [0, 0.05) is 12.1 Å². The molecule has 0 fully saturated rings. The van der Waals surface area contributed by atoms with Crippen LogP contribution in [-0.2, 0) is 13.1 Å². The first-order valence-electron chi connectivity index (χ1n) is 6.20. The molecule has 1 aliphatic heterocycles. The lowest BCUT2D eigenvalue weighted by molar-refractivity contribution is 0.308. The molecule has 94 valence electrons. The third-order valence-electron chi connectivity index (χ3n) is 3.20. The van der Waals surface area contributed by atoms with Crippen LogP contribution >= 0.6 is 0 Å². The van der Waals surface area contributed by atoms with Crippen molar-refractivity contribution in [2.45, 2.75) is 26.1 Å². The van der Waals surface area contributed by atoms with Crippen LogP contribution in [0.5, 0.6) is 5.75 Å². The van der Waals surface area contributed by atoms with Gasteiger partial charge < -0.3 is 4.74 Å². The summed E-state index contributed by atoms with van der Waals surface area (Å²) in [6.07, 6.45) is 1.60. The Hall–Kier alpha value is -1.88. The highest BCUT2D eigenvalue weighted by molar-refractivity contribution is 5.39. The Kier molecular flexibility index (Phi) is 2.98. The number of aryl methyl sites for hydroxylation is 1. The van der Waals surface area contributed by atoms with Gasteiger partial charge in [-0.05, 0) is 13.0 Å². The SMILES string of the molecule is CCn1ncnc1CNC1COc2ccccc21. The molecule has 1 unspecified atom stereocenters. The molecule has 1 aliphatic rings. The lowest BCUT2D eigenvalue weighted by atomic mass is 10.1. The number of hydrogen-bond acceptors (Lipinski definition) is 4. The van der Waals surface area contributed by atoms with Crippen molar-refractivity contribution in [1.82, 2.24) is 20.1 Å². The van der Waals surface area contributed by atoms with E-state index in [0.717, 1.165) is 18.1 Å². The third kappa shape index (κ3) is 1.97. The number of nitrogens with zero attached hydrogens (tertiary/aromatic N) is 3. The Bertz CT molecular complexity index is 537. The highest BCUT2D eigenvalue weighted by atomic mass is 16.5. The molecule has 1 atom stereocenters. The van der Waals surface area contributed by atoms with Gasteiger partial charge in [-0.2, -0.15) is 5.10 Å². The molecule has 0 bridgehead atoms. The number of rotatable bonds is 4. The van der Waals surface area contributed by atoms with Gasteiger partial charge in [-0.3, -0.25) is 5.32 Å². The average molecular weight is 244 g/mol. The highest BCUT2D eigenvalue weighted by Crippen LogP contribution is 2.31. The van der Waals surface area contributed by atoms with E-state index < -0.39 is 0 Å². The first-order chi connectivity index (χ1) is 8.88. The van der Waals surface area contributed by atoms with Crippen molar-refractivity contribution in [3.8, 4) is 5.75 Å². The van der Waals surface area contributed by atoms with E-state index in [2.05, 4.69) is 28.4 Å². The van der Waals surface area contributed by atoms with Crippen molar-refractivity contribution in [1.29, 1.82) is 0 Å². The van der Waals surface area contributed by atoms with E-state index in [4.69, 9.17) is 4.74 Å². The zero-order valence-corrected chi connectivity index (χ0v) is 10.3. The lowest BCUT2D eigenvalue weighted by Crippen LogP contribution is -2.24. The van der Waals surface area contributed by atoms with Gasteiger partial charge in [-0.15, -0.1) is 0 Å². The van der Waals surface area contributed by atoms with Crippen molar-refractivity contribution >= 4 is 0 Å². The van der Waals surface area contributed by atoms with Crippen molar-refractivity contribution < 1.29 is 4.74 Å². The molecular weight excluding hydrogens is 228 g/mol. The van der Waals surface area contributed by atoms with Gasteiger partial charge in [0.25, 0.3) is 0 Å². The summed E-state index contributed by atoms with van der Waals surface area (Å²) in [7, 11) is 0.